The van der Waals surface area contributed by atoms with Crippen molar-refractivity contribution in [2.75, 3.05) is 36.4 Å². The summed E-state index contributed by atoms with van der Waals surface area (Å²) in [4.78, 5) is 19.6. The van der Waals surface area contributed by atoms with Crippen LogP contribution in [-0.4, -0.2) is 53.3 Å². The molecule has 0 spiro atoms. The summed E-state index contributed by atoms with van der Waals surface area (Å²) in [5, 5.41) is 11.1. The summed E-state index contributed by atoms with van der Waals surface area (Å²) in [7, 11) is 0. The summed E-state index contributed by atoms with van der Waals surface area (Å²) in [5.41, 5.74) is 1.04. The number of pyridine rings is 1. The average Bonchev–Trinajstić information content (AvgIpc) is 3.01. The molecule has 1 saturated carbocycles. The molecule has 2 N–H and O–H groups in total. The average molecular weight is 290 g/mol. The van der Waals surface area contributed by atoms with Crippen LogP contribution in [0.1, 0.15) is 25.7 Å². The number of amides is 1. The maximum absolute atomic E-state index is 10.7. The van der Waals surface area contributed by atoms with E-state index in [-0.39, 0.29) is 0 Å². The van der Waals surface area contributed by atoms with Crippen LogP contribution in [0.5, 0.6) is 0 Å². The standard InChI is InChI=1S/C15H22N4O2/c20-15(21)17-14-11-13(5-6-16-14)19-9-7-18(8-10-19)12-3-1-2-4-12/h5-6,11-12H,1-4,7-10H2,(H,16,17)(H,20,21). The van der Waals surface area contributed by atoms with E-state index in [2.05, 4.69) is 20.1 Å². The first-order chi connectivity index (χ1) is 10.2. The molecule has 114 valence electrons. The highest BCUT2D eigenvalue weighted by Gasteiger charge is 2.26. The van der Waals surface area contributed by atoms with Crippen molar-refractivity contribution in [2.24, 2.45) is 0 Å². The molecule has 6 heteroatoms. The summed E-state index contributed by atoms with van der Waals surface area (Å²) in [5.74, 6) is 0.387. The van der Waals surface area contributed by atoms with Gasteiger partial charge in [-0.25, -0.2) is 9.78 Å². The molecule has 0 bridgehead atoms. The minimum atomic E-state index is -1.08. The summed E-state index contributed by atoms with van der Waals surface area (Å²) in [6.07, 6.45) is 6.03. The summed E-state index contributed by atoms with van der Waals surface area (Å²) < 4.78 is 0. The Morgan fingerprint density at radius 1 is 1.24 bits per heavy atom. The molecule has 21 heavy (non-hydrogen) atoms. The zero-order valence-electron chi connectivity index (χ0n) is 12.2. The van der Waals surface area contributed by atoms with Crippen LogP contribution in [-0.2, 0) is 0 Å². The molecule has 2 aliphatic rings. The molecule has 2 heterocycles. The Morgan fingerprint density at radius 3 is 2.62 bits per heavy atom. The molecule has 3 rings (SSSR count). The van der Waals surface area contributed by atoms with Gasteiger partial charge < -0.3 is 10.0 Å². The van der Waals surface area contributed by atoms with E-state index in [1.165, 1.54) is 25.7 Å². The van der Waals surface area contributed by atoms with Crippen molar-refractivity contribution < 1.29 is 9.90 Å². The monoisotopic (exact) mass is 290 g/mol. The summed E-state index contributed by atoms with van der Waals surface area (Å²) in [6, 6.07) is 4.53. The largest absolute Gasteiger partial charge is 0.465 e. The van der Waals surface area contributed by atoms with E-state index in [1.807, 2.05) is 6.07 Å². The molecule has 1 aromatic rings. The van der Waals surface area contributed by atoms with E-state index in [4.69, 9.17) is 5.11 Å². The minimum absolute atomic E-state index is 0.387. The highest BCUT2D eigenvalue weighted by molar-refractivity contribution is 5.82. The van der Waals surface area contributed by atoms with E-state index < -0.39 is 6.09 Å². The zero-order valence-corrected chi connectivity index (χ0v) is 12.2. The highest BCUT2D eigenvalue weighted by Crippen LogP contribution is 2.26. The molecule has 0 aromatic carbocycles. The molecular formula is C15H22N4O2. The lowest BCUT2D eigenvalue weighted by atomic mass is 10.1. The van der Waals surface area contributed by atoms with Gasteiger partial charge in [0.15, 0.2) is 0 Å². The van der Waals surface area contributed by atoms with Crippen molar-refractivity contribution in [3.8, 4) is 0 Å². The third-order valence-corrected chi connectivity index (χ3v) is 4.50. The van der Waals surface area contributed by atoms with Crippen LogP contribution in [0, 0.1) is 0 Å². The van der Waals surface area contributed by atoms with Gasteiger partial charge in [-0.1, -0.05) is 12.8 Å². The van der Waals surface area contributed by atoms with Crippen molar-refractivity contribution in [1.29, 1.82) is 0 Å². The molecule has 1 amide bonds. The second kappa shape index (κ2) is 6.30. The van der Waals surface area contributed by atoms with Crippen molar-refractivity contribution >= 4 is 17.6 Å². The van der Waals surface area contributed by atoms with Crippen molar-refractivity contribution in [2.45, 2.75) is 31.7 Å². The van der Waals surface area contributed by atoms with E-state index in [0.717, 1.165) is 37.9 Å². The normalized spacial score (nSPS) is 20.7. The second-order valence-electron chi connectivity index (χ2n) is 5.79. The first-order valence-corrected chi connectivity index (χ1v) is 7.67. The van der Waals surface area contributed by atoms with Crippen LogP contribution in [0.15, 0.2) is 18.3 Å². The molecule has 1 aliphatic carbocycles. The van der Waals surface area contributed by atoms with Crippen LogP contribution >= 0.6 is 0 Å². The lowest BCUT2D eigenvalue weighted by molar-refractivity contribution is 0.187. The predicted octanol–water partition coefficient (Wildman–Crippen LogP) is 2.24. The number of anilines is 2. The molecule has 6 nitrogen and oxygen atoms in total. The number of rotatable bonds is 3. The van der Waals surface area contributed by atoms with Gasteiger partial charge in [0.2, 0.25) is 0 Å². The molecule has 1 saturated heterocycles. The number of nitrogens with one attached hydrogen (secondary N) is 1. The van der Waals surface area contributed by atoms with Gasteiger partial charge in [0.25, 0.3) is 0 Å². The molecule has 0 atom stereocenters. The Balaban J connectivity index is 1.59. The van der Waals surface area contributed by atoms with E-state index in [1.54, 1.807) is 12.3 Å². The molecular weight excluding hydrogens is 268 g/mol. The number of carboxylic acid groups (broad SMARTS) is 1. The Bertz CT molecular complexity index is 494. The van der Waals surface area contributed by atoms with Crippen molar-refractivity contribution in [1.82, 2.24) is 9.88 Å². The van der Waals surface area contributed by atoms with Gasteiger partial charge in [0.1, 0.15) is 5.82 Å². The first kappa shape index (κ1) is 14.1. The SMILES string of the molecule is O=C(O)Nc1cc(N2CCN(C3CCCC3)CC2)ccn1. The Morgan fingerprint density at radius 2 is 1.95 bits per heavy atom. The number of hydrogen-bond donors (Lipinski definition) is 2. The van der Waals surface area contributed by atoms with Crippen molar-refractivity contribution in [3.63, 3.8) is 0 Å². The lowest BCUT2D eigenvalue weighted by Crippen LogP contribution is -2.49. The smallest absolute Gasteiger partial charge is 0.410 e. The Labute approximate surface area is 124 Å². The van der Waals surface area contributed by atoms with Crippen LogP contribution in [0.25, 0.3) is 0 Å². The number of nitrogens with zero attached hydrogens (tertiary/aromatic N) is 3. The third-order valence-electron chi connectivity index (χ3n) is 4.50. The van der Waals surface area contributed by atoms with E-state index in [9.17, 15) is 4.79 Å². The molecule has 0 radical (unpaired) electrons. The Kier molecular flexibility index (Phi) is 4.24. The molecule has 0 unspecified atom stereocenters. The maximum Gasteiger partial charge on any atom is 0.410 e. The fourth-order valence-corrected chi connectivity index (χ4v) is 3.41. The van der Waals surface area contributed by atoms with Gasteiger partial charge >= 0.3 is 6.09 Å². The summed E-state index contributed by atoms with van der Waals surface area (Å²) in [6.45, 7) is 4.17. The van der Waals surface area contributed by atoms with E-state index in [0.29, 0.717) is 5.82 Å². The lowest BCUT2D eigenvalue weighted by Gasteiger charge is -2.39. The molecule has 2 fully saturated rings. The highest BCUT2D eigenvalue weighted by atomic mass is 16.4. The number of hydrogen-bond acceptors (Lipinski definition) is 4. The van der Waals surface area contributed by atoms with Crippen LogP contribution in [0.4, 0.5) is 16.3 Å². The van der Waals surface area contributed by atoms with Gasteiger partial charge in [-0.05, 0) is 18.9 Å². The quantitative estimate of drug-likeness (QED) is 0.893. The van der Waals surface area contributed by atoms with Gasteiger partial charge in [-0.15, -0.1) is 0 Å². The molecule has 1 aromatic heterocycles. The predicted molar refractivity (Wildman–Crippen MR) is 81.9 cm³/mol. The van der Waals surface area contributed by atoms with Crippen LogP contribution in [0.3, 0.4) is 0 Å². The van der Waals surface area contributed by atoms with Crippen LogP contribution < -0.4 is 10.2 Å². The first-order valence-electron chi connectivity index (χ1n) is 7.67. The fraction of sp³-hybridized carbons (Fsp3) is 0.600. The van der Waals surface area contributed by atoms with Crippen LogP contribution in [0.2, 0.25) is 0 Å². The van der Waals surface area contributed by atoms with Crippen molar-refractivity contribution in [3.05, 3.63) is 18.3 Å². The molecule has 1 aliphatic heterocycles. The topological polar surface area (TPSA) is 68.7 Å². The van der Waals surface area contributed by atoms with Gasteiger partial charge in [0, 0.05) is 50.2 Å². The number of aromatic nitrogens is 1. The fourth-order valence-electron chi connectivity index (χ4n) is 3.41. The van der Waals surface area contributed by atoms with Gasteiger partial charge in [-0.2, -0.15) is 0 Å². The zero-order chi connectivity index (χ0) is 14.7. The maximum atomic E-state index is 10.7. The number of piperazine rings is 1. The van der Waals surface area contributed by atoms with Gasteiger partial charge in [-0.3, -0.25) is 10.2 Å². The third kappa shape index (κ3) is 3.44. The van der Waals surface area contributed by atoms with Gasteiger partial charge in [0.05, 0.1) is 0 Å². The van der Waals surface area contributed by atoms with E-state index >= 15 is 0 Å². The second-order valence-corrected chi connectivity index (χ2v) is 5.79. The Hall–Kier alpha value is -1.82. The minimum Gasteiger partial charge on any atom is -0.465 e. The summed E-state index contributed by atoms with van der Waals surface area (Å²) >= 11 is 0. The number of carbonyl (C=O) groups is 1.